The Labute approximate surface area is 151 Å². The predicted molar refractivity (Wildman–Crippen MR) is 98.7 cm³/mol. The first-order valence-corrected chi connectivity index (χ1v) is 8.61. The fraction of sp³-hybridized carbons (Fsp3) is 0.389. The van der Waals surface area contributed by atoms with Crippen molar-refractivity contribution in [3.63, 3.8) is 0 Å². The Hall–Kier alpha value is -3.05. The molecule has 5 N–H and O–H groups in total. The molecule has 2 aromatic rings. The Kier molecular flexibility index (Phi) is 5.39. The zero-order chi connectivity index (χ0) is 18.5. The van der Waals surface area contributed by atoms with E-state index in [1.165, 1.54) is 7.11 Å². The van der Waals surface area contributed by atoms with Crippen LogP contribution >= 0.6 is 0 Å². The highest BCUT2D eigenvalue weighted by Crippen LogP contribution is 2.33. The van der Waals surface area contributed by atoms with Crippen molar-refractivity contribution in [2.75, 3.05) is 24.3 Å². The van der Waals surface area contributed by atoms with E-state index in [1.54, 1.807) is 6.07 Å². The van der Waals surface area contributed by atoms with E-state index in [1.807, 2.05) is 12.1 Å². The molecule has 1 aliphatic rings. The van der Waals surface area contributed by atoms with Crippen LogP contribution < -0.4 is 16.4 Å². The number of rotatable bonds is 1. The van der Waals surface area contributed by atoms with Gasteiger partial charge in [-0.15, -0.1) is 0 Å². The summed E-state index contributed by atoms with van der Waals surface area (Å²) in [5.74, 6) is 0.625. The zero-order valence-electron chi connectivity index (χ0n) is 14.6. The van der Waals surface area contributed by atoms with Gasteiger partial charge in [0, 0.05) is 23.5 Å². The number of benzene rings is 1. The Bertz CT molecular complexity index is 839. The molecule has 0 spiro atoms. The number of amides is 1. The third kappa shape index (κ3) is 3.78. The molecule has 1 aliphatic heterocycles. The summed E-state index contributed by atoms with van der Waals surface area (Å²) in [5.41, 5.74) is 9.38. The lowest BCUT2D eigenvalue weighted by molar-refractivity contribution is 0.187. The molecule has 0 saturated carbocycles. The van der Waals surface area contributed by atoms with E-state index in [0.717, 1.165) is 43.5 Å². The minimum atomic E-state index is -0.536. The molecule has 26 heavy (non-hydrogen) atoms. The Morgan fingerprint density at radius 1 is 1.42 bits per heavy atom. The molecule has 1 amide bonds. The summed E-state index contributed by atoms with van der Waals surface area (Å²) in [6.07, 6.45) is 3.34. The molecule has 0 fully saturated rings. The van der Waals surface area contributed by atoms with Gasteiger partial charge in [-0.2, -0.15) is 5.26 Å². The molecule has 0 radical (unpaired) electrons. The van der Waals surface area contributed by atoms with E-state index in [2.05, 4.69) is 31.4 Å². The number of carbonyl (C=O) groups excluding carboxylic acids is 1. The number of ether oxygens (including phenoxy) is 1. The van der Waals surface area contributed by atoms with Crippen molar-refractivity contribution >= 4 is 17.5 Å². The summed E-state index contributed by atoms with van der Waals surface area (Å²) in [7, 11) is 1.32. The summed E-state index contributed by atoms with van der Waals surface area (Å²) in [6.45, 7) is 0.785. The van der Waals surface area contributed by atoms with Gasteiger partial charge in [-0.3, -0.25) is 5.32 Å². The fourth-order valence-corrected chi connectivity index (χ4v) is 3.02. The summed E-state index contributed by atoms with van der Waals surface area (Å²) >= 11 is 0. The van der Waals surface area contributed by atoms with E-state index in [0.29, 0.717) is 22.9 Å². The predicted octanol–water partition coefficient (Wildman–Crippen LogP) is 3.11. The van der Waals surface area contributed by atoms with Crippen LogP contribution in [0.2, 0.25) is 0 Å². The maximum absolute atomic E-state index is 11.5. The van der Waals surface area contributed by atoms with Gasteiger partial charge in [0.1, 0.15) is 11.9 Å². The van der Waals surface area contributed by atoms with Crippen LogP contribution in [0.1, 0.15) is 43.2 Å². The first kappa shape index (κ1) is 17.8. The van der Waals surface area contributed by atoms with Gasteiger partial charge in [0.15, 0.2) is 5.69 Å². The van der Waals surface area contributed by atoms with Crippen molar-refractivity contribution in [2.24, 2.45) is 5.73 Å². The van der Waals surface area contributed by atoms with Crippen molar-refractivity contribution in [3.8, 4) is 17.3 Å². The van der Waals surface area contributed by atoms with E-state index in [4.69, 9.17) is 5.73 Å². The summed E-state index contributed by atoms with van der Waals surface area (Å²) in [5, 5.41) is 15.5. The third-order valence-corrected chi connectivity index (χ3v) is 4.41. The Morgan fingerprint density at radius 3 is 3.04 bits per heavy atom. The topological polar surface area (TPSA) is 129 Å². The van der Waals surface area contributed by atoms with Crippen molar-refractivity contribution in [2.45, 2.75) is 31.7 Å². The van der Waals surface area contributed by atoms with Crippen LogP contribution in [-0.4, -0.2) is 29.7 Å². The van der Waals surface area contributed by atoms with Crippen molar-refractivity contribution in [1.82, 2.24) is 9.97 Å². The van der Waals surface area contributed by atoms with Crippen molar-refractivity contribution < 1.29 is 9.53 Å². The lowest BCUT2D eigenvalue weighted by Crippen LogP contribution is -2.13. The van der Waals surface area contributed by atoms with E-state index in [-0.39, 0.29) is 6.04 Å². The highest BCUT2D eigenvalue weighted by Gasteiger charge is 2.19. The molecule has 2 bridgehead atoms. The molecule has 136 valence electrons. The smallest absolute Gasteiger partial charge is 0.411 e. The average molecular weight is 354 g/mol. The maximum Gasteiger partial charge on any atom is 0.411 e. The van der Waals surface area contributed by atoms with Crippen LogP contribution in [0.3, 0.4) is 0 Å². The number of imidazole rings is 1. The first-order valence-electron chi connectivity index (χ1n) is 8.61. The second kappa shape index (κ2) is 7.89. The molecule has 1 atom stereocenters. The lowest BCUT2D eigenvalue weighted by atomic mass is 10.1. The number of H-pyrrole nitrogens is 1. The van der Waals surface area contributed by atoms with Crippen LogP contribution in [-0.2, 0) is 4.74 Å². The number of hydrogen-bond acceptors (Lipinski definition) is 6. The van der Waals surface area contributed by atoms with E-state index >= 15 is 0 Å². The second-order valence-electron chi connectivity index (χ2n) is 6.22. The molecular formula is C18H22N6O2. The van der Waals surface area contributed by atoms with Gasteiger partial charge in [0.25, 0.3) is 0 Å². The number of aromatic amines is 1. The number of hydrogen-bond donors (Lipinski definition) is 4. The number of methoxy groups -OCH3 is 1. The zero-order valence-corrected chi connectivity index (χ0v) is 14.6. The number of nitrogens with one attached hydrogen (secondary N) is 3. The monoisotopic (exact) mass is 354 g/mol. The minimum Gasteiger partial charge on any atom is -0.453 e. The largest absolute Gasteiger partial charge is 0.453 e. The van der Waals surface area contributed by atoms with Gasteiger partial charge in [-0.25, -0.2) is 9.78 Å². The fourth-order valence-electron chi connectivity index (χ4n) is 3.02. The number of nitriles is 1. The number of fused-ring (bicyclic) bond motifs is 4. The van der Waals surface area contributed by atoms with Crippen LogP contribution in [0.4, 0.5) is 16.2 Å². The first-order chi connectivity index (χ1) is 12.6. The second-order valence-corrected chi connectivity index (χ2v) is 6.22. The number of aromatic nitrogens is 2. The standard InChI is InChI=1S/C18H22N6O2/c1-26-18(25)22-11-6-7-12-14(9-11)21-8-4-2-3-5-13(20)17-23-15(10-19)16(12)24-17/h6-7,9,13,21H,2-5,8,20H2,1H3,(H,22,25)(H,23,24)/t13-/m0/s1. The van der Waals surface area contributed by atoms with Gasteiger partial charge >= 0.3 is 6.09 Å². The average Bonchev–Trinajstić information content (AvgIpc) is 3.08. The summed E-state index contributed by atoms with van der Waals surface area (Å²) < 4.78 is 4.64. The number of carbonyl (C=O) groups is 1. The molecule has 0 unspecified atom stereocenters. The summed E-state index contributed by atoms with van der Waals surface area (Å²) in [6, 6.07) is 7.33. The molecule has 1 aromatic heterocycles. The van der Waals surface area contributed by atoms with Gasteiger partial charge in [0.2, 0.25) is 0 Å². The maximum atomic E-state index is 11.5. The molecule has 0 saturated heterocycles. The summed E-state index contributed by atoms with van der Waals surface area (Å²) in [4.78, 5) is 19.1. The third-order valence-electron chi connectivity index (χ3n) is 4.41. The van der Waals surface area contributed by atoms with Gasteiger partial charge in [-0.05, 0) is 31.0 Å². The highest BCUT2D eigenvalue weighted by molar-refractivity contribution is 5.88. The lowest BCUT2D eigenvalue weighted by Gasteiger charge is -2.15. The molecule has 8 nitrogen and oxygen atoms in total. The van der Waals surface area contributed by atoms with Crippen LogP contribution in [0.15, 0.2) is 18.2 Å². The Morgan fingerprint density at radius 2 is 2.27 bits per heavy atom. The van der Waals surface area contributed by atoms with E-state index in [9.17, 15) is 10.1 Å². The number of nitrogens with zero attached hydrogens (tertiary/aromatic N) is 2. The SMILES string of the molecule is COC(=O)Nc1ccc2c(c1)NCCCCC[C@H](N)c1nc(C#N)c-2[nH]1. The van der Waals surface area contributed by atoms with Crippen molar-refractivity contribution in [3.05, 3.63) is 29.7 Å². The molecular weight excluding hydrogens is 332 g/mol. The van der Waals surface area contributed by atoms with Crippen LogP contribution in [0, 0.1) is 11.3 Å². The molecule has 1 aromatic carbocycles. The van der Waals surface area contributed by atoms with E-state index < -0.39 is 6.09 Å². The van der Waals surface area contributed by atoms with Gasteiger partial charge in [-0.1, -0.05) is 12.8 Å². The van der Waals surface area contributed by atoms with Crippen LogP contribution in [0.5, 0.6) is 0 Å². The molecule has 2 heterocycles. The quantitative estimate of drug-likeness (QED) is 0.623. The number of anilines is 2. The normalized spacial score (nSPS) is 16.9. The van der Waals surface area contributed by atoms with Gasteiger partial charge < -0.3 is 20.8 Å². The Balaban J connectivity index is 2.06. The molecule has 0 aliphatic carbocycles. The van der Waals surface area contributed by atoms with Crippen LogP contribution in [0.25, 0.3) is 11.3 Å². The molecule has 8 heteroatoms. The number of nitrogens with two attached hydrogens (primary N) is 1. The minimum absolute atomic E-state index is 0.216. The van der Waals surface area contributed by atoms with Gasteiger partial charge in [0.05, 0.1) is 18.8 Å². The van der Waals surface area contributed by atoms with Crippen molar-refractivity contribution in [1.29, 1.82) is 5.26 Å². The highest BCUT2D eigenvalue weighted by atomic mass is 16.5. The molecule has 3 rings (SSSR count).